The highest BCUT2D eigenvalue weighted by Crippen LogP contribution is 2.36. The third kappa shape index (κ3) is 3.71. The largest absolute Gasteiger partial charge is 0.497 e. The first-order valence-corrected chi connectivity index (χ1v) is 11.3. The molecule has 2 aromatic carbocycles. The molecule has 1 amide bonds. The number of fused-ring (bicyclic) bond motifs is 1. The Labute approximate surface area is 187 Å². The maximum atomic E-state index is 13.3. The van der Waals surface area contributed by atoms with Crippen molar-refractivity contribution in [2.45, 2.75) is 37.8 Å². The number of para-hydroxylation sites is 2. The van der Waals surface area contributed by atoms with Crippen molar-refractivity contribution in [1.29, 1.82) is 0 Å². The molecule has 2 fully saturated rings. The molecule has 5 rings (SSSR count). The Morgan fingerprint density at radius 3 is 2.59 bits per heavy atom. The maximum Gasteiger partial charge on any atom is 0.257 e. The monoisotopic (exact) mass is 435 g/mol. The van der Waals surface area contributed by atoms with Crippen LogP contribution in [0.4, 0.5) is 0 Å². The maximum absolute atomic E-state index is 13.3. The van der Waals surface area contributed by atoms with Gasteiger partial charge in [0.1, 0.15) is 23.4 Å². The summed E-state index contributed by atoms with van der Waals surface area (Å²) in [5.41, 5.74) is 2.70. The van der Waals surface area contributed by atoms with Gasteiger partial charge >= 0.3 is 0 Å². The van der Waals surface area contributed by atoms with Gasteiger partial charge in [0.05, 0.1) is 30.8 Å². The van der Waals surface area contributed by atoms with Crippen LogP contribution in [0.2, 0.25) is 0 Å². The summed E-state index contributed by atoms with van der Waals surface area (Å²) in [4.78, 5) is 20.1. The fourth-order valence-corrected chi connectivity index (χ4v) is 4.93. The van der Waals surface area contributed by atoms with Crippen molar-refractivity contribution in [3.63, 3.8) is 0 Å². The minimum atomic E-state index is -0.0194. The van der Waals surface area contributed by atoms with Gasteiger partial charge in [-0.05, 0) is 56.0 Å². The lowest BCUT2D eigenvalue weighted by atomic mass is 10.0. The number of amides is 1. The average Bonchev–Trinajstić information content (AvgIpc) is 3.51. The van der Waals surface area contributed by atoms with Crippen molar-refractivity contribution in [3.05, 3.63) is 53.9 Å². The first-order chi connectivity index (χ1) is 15.7. The van der Waals surface area contributed by atoms with Gasteiger partial charge in [-0.3, -0.25) is 4.79 Å². The Bertz CT molecular complexity index is 1110. The van der Waals surface area contributed by atoms with Crippen LogP contribution in [0.3, 0.4) is 0 Å². The molecule has 0 N–H and O–H groups in total. The van der Waals surface area contributed by atoms with Crippen molar-refractivity contribution >= 4 is 16.9 Å². The average molecular weight is 436 g/mol. The summed E-state index contributed by atoms with van der Waals surface area (Å²) in [6, 6.07) is 13.9. The second-order valence-electron chi connectivity index (χ2n) is 8.42. The van der Waals surface area contributed by atoms with Crippen molar-refractivity contribution in [1.82, 2.24) is 14.5 Å². The molecule has 3 heterocycles. The Morgan fingerprint density at radius 1 is 1.06 bits per heavy atom. The molecule has 2 aliphatic heterocycles. The summed E-state index contributed by atoms with van der Waals surface area (Å²) in [6.45, 7) is 2.16. The molecular weight excluding hydrogens is 406 g/mol. The fourth-order valence-electron chi connectivity index (χ4n) is 4.93. The van der Waals surface area contributed by atoms with Crippen LogP contribution in [-0.4, -0.2) is 54.3 Å². The number of carbonyl (C=O) groups is 1. The van der Waals surface area contributed by atoms with Gasteiger partial charge in [0.2, 0.25) is 0 Å². The Balaban J connectivity index is 1.38. The van der Waals surface area contributed by atoms with Gasteiger partial charge in [-0.1, -0.05) is 12.1 Å². The smallest absolute Gasteiger partial charge is 0.257 e. The van der Waals surface area contributed by atoms with Crippen LogP contribution in [0.5, 0.6) is 11.5 Å². The number of hydrogen-bond acceptors (Lipinski definition) is 5. The zero-order chi connectivity index (χ0) is 22.1. The van der Waals surface area contributed by atoms with E-state index in [0.29, 0.717) is 30.2 Å². The summed E-state index contributed by atoms with van der Waals surface area (Å²) >= 11 is 0. The lowest BCUT2D eigenvalue weighted by molar-refractivity contribution is 0.0678. The predicted molar refractivity (Wildman–Crippen MR) is 121 cm³/mol. The van der Waals surface area contributed by atoms with Crippen LogP contribution < -0.4 is 9.47 Å². The molecule has 1 atom stereocenters. The second-order valence-corrected chi connectivity index (χ2v) is 8.42. The minimum absolute atomic E-state index is 0.0194. The standard InChI is InChI=1S/C25H29N3O4/c1-30-18-9-10-22(31-2)19(16-18)25(29)27-13-11-17(12-14-27)28-21-7-4-3-6-20(21)26-24(28)23-8-5-15-32-23/h3-4,6-7,9-10,16-17,23H,5,8,11-15H2,1-2H3. The van der Waals surface area contributed by atoms with Gasteiger partial charge in [0.25, 0.3) is 5.91 Å². The van der Waals surface area contributed by atoms with E-state index in [9.17, 15) is 4.79 Å². The highest BCUT2D eigenvalue weighted by atomic mass is 16.5. The molecule has 32 heavy (non-hydrogen) atoms. The number of methoxy groups -OCH3 is 2. The number of hydrogen-bond donors (Lipinski definition) is 0. The molecular formula is C25H29N3O4. The van der Waals surface area contributed by atoms with Crippen LogP contribution in [-0.2, 0) is 4.74 Å². The molecule has 7 heteroatoms. The predicted octanol–water partition coefficient (Wildman–Crippen LogP) is 4.38. The van der Waals surface area contributed by atoms with E-state index < -0.39 is 0 Å². The van der Waals surface area contributed by atoms with Crippen molar-refractivity contribution in [2.24, 2.45) is 0 Å². The van der Waals surface area contributed by atoms with Crippen molar-refractivity contribution < 1.29 is 19.0 Å². The van der Waals surface area contributed by atoms with Gasteiger partial charge in [0.15, 0.2) is 0 Å². The van der Waals surface area contributed by atoms with Crippen LogP contribution >= 0.6 is 0 Å². The molecule has 1 aromatic heterocycles. The number of nitrogens with zero attached hydrogens (tertiary/aromatic N) is 3. The number of aromatic nitrogens is 2. The van der Waals surface area contributed by atoms with Crippen molar-refractivity contribution in [3.8, 4) is 11.5 Å². The molecule has 3 aromatic rings. The zero-order valence-corrected chi connectivity index (χ0v) is 18.6. The number of likely N-dealkylation sites (tertiary alicyclic amines) is 1. The van der Waals surface area contributed by atoms with Gasteiger partial charge in [-0.25, -0.2) is 4.98 Å². The first-order valence-electron chi connectivity index (χ1n) is 11.3. The van der Waals surface area contributed by atoms with E-state index in [0.717, 1.165) is 49.1 Å². The fraction of sp³-hybridized carbons (Fsp3) is 0.440. The van der Waals surface area contributed by atoms with Gasteiger partial charge in [-0.2, -0.15) is 0 Å². The Hall–Kier alpha value is -3.06. The number of ether oxygens (including phenoxy) is 3. The summed E-state index contributed by atoms with van der Waals surface area (Å²) in [7, 11) is 3.18. The van der Waals surface area contributed by atoms with E-state index in [2.05, 4.69) is 22.8 Å². The van der Waals surface area contributed by atoms with E-state index in [4.69, 9.17) is 19.2 Å². The van der Waals surface area contributed by atoms with Crippen LogP contribution in [0.1, 0.15) is 54.0 Å². The number of rotatable bonds is 5. The zero-order valence-electron chi connectivity index (χ0n) is 18.6. The third-order valence-electron chi connectivity index (χ3n) is 6.59. The highest BCUT2D eigenvalue weighted by molar-refractivity contribution is 5.97. The van der Waals surface area contributed by atoms with Crippen molar-refractivity contribution in [2.75, 3.05) is 33.9 Å². The summed E-state index contributed by atoms with van der Waals surface area (Å²) in [5.74, 6) is 2.23. The number of carbonyl (C=O) groups excluding carboxylic acids is 1. The van der Waals surface area contributed by atoms with E-state index >= 15 is 0 Å². The SMILES string of the molecule is COc1ccc(OC)c(C(=O)N2CCC(n3c(C4CCCO4)nc4ccccc43)CC2)c1. The molecule has 1 unspecified atom stereocenters. The van der Waals surface area contributed by atoms with Crippen LogP contribution in [0.25, 0.3) is 11.0 Å². The number of imidazole rings is 1. The van der Waals surface area contributed by atoms with Gasteiger partial charge in [-0.15, -0.1) is 0 Å². The Kier molecular flexibility index (Phi) is 5.74. The highest BCUT2D eigenvalue weighted by Gasteiger charge is 2.31. The molecule has 7 nitrogen and oxygen atoms in total. The molecule has 0 aliphatic carbocycles. The Morgan fingerprint density at radius 2 is 1.88 bits per heavy atom. The minimum Gasteiger partial charge on any atom is -0.497 e. The molecule has 2 aliphatic rings. The van der Waals surface area contributed by atoms with Gasteiger partial charge < -0.3 is 23.7 Å². The van der Waals surface area contributed by atoms with E-state index in [-0.39, 0.29) is 18.1 Å². The third-order valence-corrected chi connectivity index (χ3v) is 6.59. The quantitative estimate of drug-likeness (QED) is 0.595. The summed E-state index contributed by atoms with van der Waals surface area (Å²) in [6.07, 6.45) is 3.89. The normalized spacial score (nSPS) is 19.4. The molecule has 0 bridgehead atoms. The van der Waals surface area contributed by atoms with E-state index in [1.54, 1.807) is 32.4 Å². The first kappa shape index (κ1) is 20.8. The molecule has 0 saturated carbocycles. The number of piperidine rings is 1. The van der Waals surface area contributed by atoms with Gasteiger partial charge in [0, 0.05) is 25.7 Å². The lowest BCUT2D eigenvalue weighted by Crippen LogP contribution is -2.39. The molecule has 168 valence electrons. The summed E-state index contributed by atoms with van der Waals surface area (Å²) in [5, 5.41) is 0. The van der Waals surface area contributed by atoms with Crippen LogP contribution in [0.15, 0.2) is 42.5 Å². The van der Waals surface area contributed by atoms with E-state index in [1.165, 1.54) is 0 Å². The summed E-state index contributed by atoms with van der Waals surface area (Å²) < 4.78 is 19.1. The lowest BCUT2D eigenvalue weighted by Gasteiger charge is -2.34. The van der Waals surface area contributed by atoms with E-state index in [1.807, 2.05) is 11.0 Å². The molecule has 0 radical (unpaired) electrons. The topological polar surface area (TPSA) is 65.8 Å². The molecule has 0 spiro atoms. The second kappa shape index (κ2) is 8.82. The molecule has 2 saturated heterocycles. The van der Waals surface area contributed by atoms with Crippen LogP contribution in [0, 0.1) is 0 Å². The number of benzene rings is 2.